The van der Waals surface area contributed by atoms with E-state index in [1.807, 2.05) is 84.9 Å². The maximum absolute atomic E-state index is 13.3. The van der Waals surface area contributed by atoms with Gasteiger partial charge in [0.2, 0.25) is 0 Å². The number of hydrogen-bond acceptors (Lipinski definition) is 2. The van der Waals surface area contributed by atoms with Gasteiger partial charge in [-0.2, -0.15) is 0 Å². The Kier molecular flexibility index (Phi) is 3.86. The van der Waals surface area contributed by atoms with Crippen molar-refractivity contribution in [2.75, 3.05) is 11.9 Å². The summed E-state index contributed by atoms with van der Waals surface area (Å²) in [6.45, 7) is 0.365. The molecule has 1 atom stereocenters. The van der Waals surface area contributed by atoms with Crippen LogP contribution in [0.15, 0.2) is 84.9 Å². The predicted octanol–water partition coefficient (Wildman–Crippen LogP) is 4.12. The molecule has 0 saturated heterocycles. The fourth-order valence-electron chi connectivity index (χ4n) is 3.47. The van der Waals surface area contributed by atoms with Gasteiger partial charge in [-0.1, -0.05) is 78.9 Å². The molecule has 0 saturated carbocycles. The summed E-state index contributed by atoms with van der Waals surface area (Å²) in [5.74, 6) is -0.0594. The highest BCUT2D eigenvalue weighted by molar-refractivity contribution is 6.08. The van der Waals surface area contributed by atoms with Crippen LogP contribution < -0.4 is 4.90 Å². The summed E-state index contributed by atoms with van der Waals surface area (Å²) in [7, 11) is 1.80. The second kappa shape index (κ2) is 6.19. The summed E-state index contributed by atoms with van der Waals surface area (Å²) in [4.78, 5) is 15.0. The third-order valence-electron chi connectivity index (χ3n) is 4.73. The van der Waals surface area contributed by atoms with E-state index in [1.54, 1.807) is 11.9 Å². The second-order valence-electron chi connectivity index (χ2n) is 6.20. The maximum Gasteiger partial charge on any atom is 0.268 e. The van der Waals surface area contributed by atoms with Crippen LogP contribution in [0.5, 0.6) is 0 Å². The first-order valence-electron chi connectivity index (χ1n) is 8.34. The summed E-state index contributed by atoms with van der Waals surface area (Å²) < 4.78 is 6.38. The molecule has 0 radical (unpaired) electrons. The number of carbonyl (C=O) groups is 1. The largest absolute Gasteiger partial charge is 0.351 e. The van der Waals surface area contributed by atoms with Gasteiger partial charge in [0, 0.05) is 12.6 Å². The Morgan fingerprint density at radius 1 is 0.840 bits per heavy atom. The first kappa shape index (κ1) is 15.6. The quantitative estimate of drug-likeness (QED) is 0.720. The number of carbonyl (C=O) groups excluding carboxylic acids is 1. The van der Waals surface area contributed by atoms with Gasteiger partial charge in [-0.3, -0.25) is 4.79 Å². The number of rotatable bonds is 4. The number of benzene rings is 3. The predicted molar refractivity (Wildman–Crippen MR) is 98.3 cm³/mol. The van der Waals surface area contributed by atoms with Crippen LogP contribution in [-0.2, 0) is 21.7 Å². The van der Waals surface area contributed by atoms with E-state index in [-0.39, 0.29) is 5.91 Å². The maximum atomic E-state index is 13.3. The molecule has 0 fully saturated rings. The van der Waals surface area contributed by atoms with Crippen molar-refractivity contribution < 1.29 is 9.53 Å². The van der Waals surface area contributed by atoms with Crippen molar-refractivity contribution >= 4 is 11.6 Å². The smallest absolute Gasteiger partial charge is 0.268 e. The Bertz CT molecular complexity index is 892. The van der Waals surface area contributed by atoms with Crippen molar-refractivity contribution in [3.8, 4) is 0 Å². The first-order chi connectivity index (χ1) is 12.2. The van der Waals surface area contributed by atoms with E-state index in [1.165, 1.54) is 0 Å². The zero-order valence-corrected chi connectivity index (χ0v) is 14.1. The van der Waals surface area contributed by atoms with Gasteiger partial charge in [0.15, 0.2) is 5.60 Å². The standard InChI is InChI=1S/C22H19NO2/c1-23-20-15-9-8-14-19(20)22(21(23)24,18-12-6-3-7-13-18)25-16-17-10-4-2-5-11-17/h2-15H,16H2,1H3/t22-/m0/s1. The number of nitrogens with zero attached hydrogens (tertiary/aromatic N) is 1. The molecule has 124 valence electrons. The highest BCUT2D eigenvalue weighted by Crippen LogP contribution is 2.46. The van der Waals surface area contributed by atoms with Gasteiger partial charge in [0.25, 0.3) is 5.91 Å². The number of para-hydroxylation sites is 1. The van der Waals surface area contributed by atoms with Crippen molar-refractivity contribution in [2.45, 2.75) is 12.2 Å². The minimum Gasteiger partial charge on any atom is -0.351 e. The SMILES string of the molecule is CN1C(=O)[C@](OCc2ccccc2)(c2ccccc2)c2ccccc21. The van der Waals surface area contributed by atoms with Gasteiger partial charge in [0.1, 0.15) is 0 Å². The average Bonchev–Trinajstić information content (AvgIpc) is 2.90. The summed E-state index contributed by atoms with van der Waals surface area (Å²) >= 11 is 0. The normalized spacial score (nSPS) is 19.1. The Balaban J connectivity index is 1.84. The molecule has 0 spiro atoms. The molecule has 0 aromatic heterocycles. The molecule has 3 aromatic rings. The van der Waals surface area contributed by atoms with Crippen molar-refractivity contribution in [3.05, 3.63) is 102 Å². The molecule has 0 bridgehead atoms. The highest BCUT2D eigenvalue weighted by atomic mass is 16.5. The fourth-order valence-corrected chi connectivity index (χ4v) is 3.47. The summed E-state index contributed by atoms with van der Waals surface area (Å²) in [5, 5.41) is 0. The molecular formula is C22H19NO2. The van der Waals surface area contributed by atoms with Gasteiger partial charge in [-0.15, -0.1) is 0 Å². The van der Waals surface area contributed by atoms with Crippen molar-refractivity contribution in [3.63, 3.8) is 0 Å². The number of anilines is 1. The molecule has 0 N–H and O–H groups in total. The Hall–Kier alpha value is -2.91. The van der Waals surface area contributed by atoms with Crippen LogP contribution in [-0.4, -0.2) is 13.0 Å². The molecule has 0 unspecified atom stereocenters. The summed E-state index contributed by atoms with van der Waals surface area (Å²) in [6.07, 6.45) is 0. The Morgan fingerprint density at radius 3 is 2.16 bits per heavy atom. The van der Waals surface area contributed by atoms with Crippen molar-refractivity contribution in [2.24, 2.45) is 0 Å². The van der Waals surface area contributed by atoms with Crippen molar-refractivity contribution in [1.82, 2.24) is 0 Å². The van der Waals surface area contributed by atoms with Crippen LogP contribution in [0.2, 0.25) is 0 Å². The molecule has 3 heteroatoms. The van der Waals surface area contributed by atoms with Gasteiger partial charge < -0.3 is 9.64 Å². The summed E-state index contributed by atoms with van der Waals surface area (Å²) in [6, 6.07) is 27.5. The van der Waals surface area contributed by atoms with E-state index in [0.29, 0.717) is 6.61 Å². The van der Waals surface area contributed by atoms with E-state index >= 15 is 0 Å². The zero-order chi connectivity index (χ0) is 17.3. The van der Waals surface area contributed by atoms with E-state index < -0.39 is 5.60 Å². The van der Waals surface area contributed by atoms with E-state index in [9.17, 15) is 4.79 Å². The third-order valence-corrected chi connectivity index (χ3v) is 4.73. The average molecular weight is 329 g/mol. The Labute approximate surface area is 147 Å². The lowest BCUT2D eigenvalue weighted by Gasteiger charge is -2.29. The molecule has 4 rings (SSSR count). The molecule has 3 nitrogen and oxygen atoms in total. The topological polar surface area (TPSA) is 29.5 Å². The molecule has 25 heavy (non-hydrogen) atoms. The Morgan fingerprint density at radius 2 is 1.44 bits per heavy atom. The molecule has 3 aromatic carbocycles. The van der Waals surface area contributed by atoms with Crippen LogP contribution >= 0.6 is 0 Å². The van der Waals surface area contributed by atoms with Gasteiger partial charge in [-0.05, 0) is 17.2 Å². The van der Waals surface area contributed by atoms with Crippen LogP contribution in [0.4, 0.5) is 5.69 Å². The van der Waals surface area contributed by atoms with E-state index in [0.717, 1.165) is 22.4 Å². The number of amides is 1. The summed E-state index contributed by atoms with van der Waals surface area (Å²) in [5.41, 5.74) is 2.57. The minimum absolute atomic E-state index is 0.0594. The lowest BCUT2D eigenvalue weighted by atomic mass is 9.87. The molecule has 1 heterocycles. The van der Waals surface area contributed by atoms with Crippen molar-refractivity contribution in [1.29, 1.82) is 0 Å². The van der Waals surface area contributed by atoms with Gasteiger partial charge in [0.05, 0.1) is 12.3 Å². The van der Waals surface area contributed by atoms with Gasteiger partial charge in [-0.25, -0.2) is 0 Å². The number of likely N-dealkylation sites (N-methyl/N-ethyl adjacent to an activating group) is 1. The third kappa shape index (κ3) is 2.44. The fraction of sp³-hybridized carbons (Fsp3) is 0.136. The number of hydrogen-bond donors (Lipinski definition) is 0. The molecule has 1 amide bonds. The molecule has 0 aliphatic carbocycles. The number of ether oxygens (including phenoxy) is 1. The van der Waals surface area contributed by atoms with Crippen LogP contribution in [0.1, 0.15) is 16.7 Å². The zero-order valence-electron chi connectivity index (χ0n) is 14.1. The lowest BCUT2D eigenvalue weighted by molar-refractivity contribution is -0.139. The number of fused-ring (bicyclic) bond motifs is 1. The van der Waals surface area contributed by atoms with E-state index in [2.05, 4.69) is 0 Å². The lowest BCUT2D eigenvalue weighted by Crippen LogP contribution is -2.41. The first-order valence-corrected chi connectivity index (χ1v) is 8.34. The monoisotopic (exact) mass is 329 g/mol. The second-order valence-corrected chi connectivity index (χ2v) is 6.20. The highest BCUT2D eigenvalue weighted by Gasteiger charge is 2.52. The van der Waals surface area contributed by atoms with Crippen LogP contribution in [0, 0.1) is 0 Å². The van der Waals surface area contributed by atoms with Crippen LogP contribution in [0.3, 0.4) is 0 Å². The van der Waals surface area contributed by atoms with E-state index in [4.69, 9.17) is 4.74 Å². The minimum atomic E-state index is -1.11. The van der Waals surface area contributed by atoms with Crippen LogP contribution in [0.25, 0.3) is 0 Å². The molecular weight excluding hydrogens is 310 g/mol. The van der Waals surface area contributed by atoms with Gasteiger partial charge >= 0.3 is 0 Å². The molecule has 1 aliphatic rings. The molecule has 1 aliphatic heterocycles.